The fourth-order valence-electron chi connectivity index (χ4n) is 4.40. The van der Waals surface area contributed by atoms with E-state index in [4.69, 9.17) is 0 Å². The summed E-state index contributed by atoms with van der Waals surface area (Å²) >= 11 is 0. The van der Waals surface area contributed by atoms with Gasteiger partial charge in [-0.05, 0) is 55.8 Å². The molecule has 0 aliphatic heterocycles. The third-order valence-electron chi connectivity index (χ3n) is 5.31. The molecule has 1 heteroatoms. The highest BCUT2D eigenvalue weighted by atomic mass is 15.0. The van der Waals surface area contributed by atoms with Crippen molar-refractivity contribution in [2.45, 2.75) is 84.7 Å². The lowest BCUT2D eigenvalue weighted by molar-refractivity contribution is 0.180. The van der Waals surface area contributed by atoms with Crippen LogP contribution in [-0.4, -0.2) is 12.1 Å². The van der Waals surface area contributed by atoms with Crippen molar-refractivity contribution in [3.8, 4) is 0 Å². The van der Waals surface area contributed by atoms with Crippen molar-refractivity contribution in [2.75, 3.05) is 0 Å². The minimum Gasteiger partial charge on any atom is -0.311 e. The first-order valence-electron chi connectivity index (χ1n) is 8.30. The van der Waals surface area contributed by atoms with E-state index in [2.05, 4.69) is 33.0 Å². The van der Waals surface area contributed by atoms with E-state index in [-0.39, 0.29) is 0 Å². The van der Waals surface area contributed by atoms with E-state index in [1.165, 1.54) is 44.9 Å². The molecule has 2 aliphatic carbocycles. The summed E-state index contributed by atoms with van der Waals surface area (Å²) in [4.78, 5) is 0. The van der Waals surface area contributed by atoms with E-state index >= 15 is 0 Å². The maximum Gasteiger partial charge on any atom is 0.00747 e. The number of nitrogens with one attached hydrogen (secondary N) is 1. The maximum absolute atomic E-state index is 4.00. The second-order valence-corrected chi connectivity index (χ2v) is 7.65. The third-order valence-corrected chi connectivity index (χ3v) is 5.31. The molecule has 2 aliphatic rings. The zero-order valence-electron chi connectivity index (χ0n) is 12.9. The highest BCUT2D eigenvalue weighted by Crippen LogP contribution is 2.33. The first kappa shape index (κ1) is 14.4. The summed E-state index contributed by atoms with van der Waals surface area (Å²) in [5.74, 6) is 3.69. The highest BCUT2D eigenvalue weighted by molar-refractivity contribution is 4.86. The molecule has 0 heterocycles. The number of hydrogen-bond acceptors (Lipinski definition) is 1. The number of rotatable bonds is 3. The van der Waals surface area contributed by atoms with Crippen LogP contribution in [0, 0.1) is 23.7 Å². The first-order chi connectivity index (χ1) is 8.54. The van der Waals surface area contributed by atoms with Crippen LogP contribution in [0.15, 0.2) is 0 Å². The summed E-state index contributed by atoms with van der Waals surface area (Å²) in [5.41, 5.74) is 0. The van der Waals surface area contributed by atoms with E-state index in [9.17, 15) is 0 Å². The van der Waals surface area contributed by atoms with Gasteiger partial charge in [-0.25, -0.2) is 0 Å². The van der Waals surface area contributed by atoms with Gasteiger partial charge >= 0.3 is 0 Å². The molecule has 4 unspecified atom stereocenters. The Morgan fingerprint density at radius 1 is 0.833 bits per heavy atom. The van der Waals surface area contributed by atoms with Crippen LogP contribution < -0.4 is 5.32 Å². The Balaban J connectivity index is 1.81. The molecule has 106 valence electrons. The van der Waals surface area contributed by atoms with Crippen molar-refractivity contribution in [2.24, 2.45) is 23.7 Å². The van der Waals surface area contributed by atoms with E-state index < -0.39 is 0 Å². The van der Waals surface area contributed by atoms with E-state index in [1.54, 1.807) is 0 Å². The topological polar surface area (TPSA) is 12.0 Å². The van der Waals surface area contributed by atoms with Crippen molar-refractivity contribution in [3.05, 3.63) is 0 Å². The smallest absolute Gasteiger partial charge is 0.00747 e. The zero-order chi connectivity index (χ0) is 13.1. The molecule has 18 heavy (non-hydrogen) atoms. The highest BCUT2D eigenvalue weighted by Gasteiger charge is 2.29. The van der Waals surface area contributed by atoms with Crippen LogP contribution in [0.5, 0.6) is 0 Å². The Morgan fingerprint density at radius 3 is 2.11 bits per heavy atom. The van der Waals surface area contributed by atoms with Crippen LogP contribution in [-0.2, 0) is 0 Å². The summed E-state index contributed by atoms with van der Waals surface area (Å²) in [7, 11) is 0. The minimum absolute atomic E-state index is 0.805. The lowest BCUT2D eigenvalue weighted by Gasteiger charge is -2.38. The van der Waals surface area contributed by atoms with Gasteiger partial charge in [0.05, 0.1) is 0 Å². The van der Waals surface area contributed by atoms with Gasteiger partial charge in [0, 0.05) is 12.1 Å². The average Bonchev–Trinajstić information content (AvgIpc) is 2.27. The van der Waals surface area contributed by atoms with Gasteiger partial charge in [-0.2, -0.15) is 0 Å². The molecular formula is C17H33N. The first-order valence-corrected chi connectivity index (χ1v) is 8.30. The summed E-state index contributed by atoms with van der Waals surface area (Å²) in [5, 5.41) is 4.00. The molecule has 0 aromatic heterocycles. The van der Waals surface area contributed by atoms with Crippen LogP contribution in [0.3, 0.4) is 0 Å². The quantitative estimate of drug-likeness (QED) is 0.772. The van der Waals surface area contributed by atoms with Gasteiger partial charge in [0.25, 0.3) is 0 Å². The Bertz CT molecular complexity index is 238. The van der Waals surface area contributed by atoms with Crippen LogP contribution in [0.25, 0.3) is 0 Å². The van der Waals surface area contributed by atoms with Gasteiger partial charge in [-0.1, -0.05) is 40.5 Å². The summed E-state index contributed by atoms with van der Waals surface area (Å²) in [6.07, 6.45) is 10.0. The van der Waals surface area contributed by atoms with E-state index in [0.29, 0.717) is 0 Å². The van der Waals surface area contributed by atoms with Crippen molar-refractivity contribution < 1.29 is 0 Å². The Kier molecular flexibility index (Phi) is 5.12. The molecule has 0 aromatic carbocycles. The summed E-state index contributed by atoms with van der Waals surface area (Å²) < 4.78 is 0. The molecule has 4 atom stereocenters. The predicted octanol–water partition coefficient (Wildman–Crippen LogP) is 4.62. The van der Waals surface area contributed by atoms with Crippen LogP contribution in [0.4, 0.5) is 0 Å². The van der Waals surface area contributed by atoms with Gasteiger partial charge in [-0.15, -0.1) is 0 Å². The molecule has 2 saturated carbocycles. The lowest BCUT2D eigenvalue weighted by Crippen LogP contribution is -2.44. The fourth-order valence-corrected chi connectivity index (χ4v) is 4.40. The van der Waals surface area contributed by atoms with Crippen LogP contribution in [0.1, 0.15) is 72.6 Å². The van der Waals surface area contributed by atoms with Crippen LogP contribution in [0.2, 0.25) is 0 Å². The Hall–Kier alpha value is -0.0400. The fraction of sp³-hybridized carbons (Fsp3) is 1.00. The molecule has 1 nitrogen and oxygen atoms in total. The van der Waals surface area contributed by atoms with Crippen molar-refractivity contribution in [3.63, 3.8) is 0 Å². The second kappa shape index (κ2) is 6.41. The normalized spacial score (nSPS) is 42.2. The van der Waals surface area contributed by atoms with Gasteiger partial charge in [0.15, 0.2) is 0 Å². The summed E-state index contributed by atoms with van der Waals surface area (Å²) in [6, 6.07) is 1.62. The zero-order valence-corrected chi connectivity index (χ0v) is 12.9. The third kappa shape index (κ3) is 3.98. The molecule has 2 rings (SSSR count). The van der Waals surface area contributed by atoms with Crippen LogP contribution >= 0.6 is 0 Å². The molecule has 0 saturated heterocycles. The van der Waals surface area contributed by atoms with Crippen molar-refractivity contribution in [1.82, 2.24) is 5.32 Å². The van der Waals surface area contributed by atoms with Gasteiger partial charge in [0.2, 0.25) is 0 Å². The van der Waals surface area contributed by atoms with Gasteiger partial charge in [-0.3, -0.25) is 0 Å². The molecule has 0 amide bonds. The molecule has 0 spiro atoms. The molecule has 1 N–H and O–H groups in total. The summed E-state index contributed by atoms with van der Waals surface area (Å²) in [6.45, 7) is 9.67. The monoisotopic (exact) mass is 251 g/mol. The average molecular weight is 251 g/mol. The van der Waals surface area contributed by atoms with E-state index in [1.807, 2.05) is 0 Å². The number of hydrogen-bond donors (Lipinski definition) is 1. The van der Waals surface area contributed by atoms with Crippen molar-refractivity contribution >= 4 is 0 Å². The molecular weight excluding hydrogens is 218 g/mol. The standard InChI is InChI=1S/C17H33N/c1-12(2)15-6-5-7-16(11-15)18-17-9-13(3)8-14(4)10-17/h12-18H,5-11H2,1-4H3. The maximum atomic E-state index is 4.00. The minimum atomic E-state index is 0.805. The largest absolute Gasteiger partial charge is 0.311 e. The molecule has 0 radical (unpaired) electrons. The predicted molar refractivity (Wildman–Crippen MR) is 79.7 cm³/mol. The molecule has 0 bridgehead atoms. The van der Waals surface area contributed by atoms with E-state index in [0.717, 1.165) is 35.8 Å². The van der Waals surface area contributed by atoms with Gasteiger partial charge < -0.3 is 5.32 Å². The second-order valence-electron chi connectivity index (χ2n) is 7.65. The Labute approximate surface area is 114 Å². The van der Waals surface area contributed by atoms with Gasteiger partial charge in [0.1, 0.15) is 0 Å². The SMILES string of the molecule is CC1CC(C)CC(NC2CCCC(C(C)C)C2)C1. The van der Waals surface area contributed by atoms with Crippen molar-refractivity contribution in [1.29, 1.82) is 0 Å². The Morgan fingerprint density at radius 2 is 1.50 bits per heavy atom. The molecule has 2 fully saturated rings. The molecule has 0 aromatic rings. The lowest BCUT2D eigenvalue weighted by atomic mass is 9.77.